The van der Waals surface area contributed by atoms with Crippen LogP contribution in [-0.2, 0) is 17.9 Å². The number of rotatable bonds is 4. The summed E-state index contributed by atoms with van der Waals surface area (Å²) in [5.41, 5.74) is 2.36. The van der Waals surface area contributed by atoms with Gasteiger partial charge < -0.3 is 14.4 Å². The molecule has 142 valence electrons. The van der Waals surface area contributed by atoms with Crippen LogP contribution in [0.25, 0.3) is 0 Å². The van der Waals surface area contributed by atoms with Crippen molar-refractivity contribution in [1.82, 2.24) is 19.6 Å². The van der Waals surface area contributed by atoms with Crippen LogP contribution in [0.5, 0.6) is 11.5 Å². The number of amides is 1. The minimum atomic E-state index is 0.0888. The molecule has 5 rings (SSSR count). The molecule has 3 aliphatic rings. The molecule has 1 saturated heterocycles. The van der Waals surface area contributed by atoms with Gasteiger partial charge in [0.05, 0.1) is 18.2 Å². The van der Waals surface area contributed by atoms with Crippen molar-refractivity contribution in [2.24, 2.45) is 0 Å². The highest BCUT2D eigenvalue weighted by molar-refractivity contribution is 5.77. The number of nitrogens with zero attached hydrogens (tertiary/aromatic N) is 4. The third-order valence-corrected chi connectivity index (χ3v) is 5.66. The summed E-state index contributed by atoms with van der Waals surface area (Å²) in [6.45, 7) is 4.57. The van der Waals surface area contributed by atoms with Crippen molar-refractivity contribution < 1.29 is 14.3 Å². The number of hydrogen-bond acceptors (Lipinski definition) is 5. The fraction of sp³-hybridized carbons (Fsp3) is 0.500. The van der Waals surface area contributed by atoms with Crippen LogP contribution < -0.4 is 9.47 Å². The Kier molecular flexibility index (Phi) is 4.24. The third kappa shape index (κ3) is 3.27. The van der Waals surface area contributed by atoms with E-state index in [2.05, 4.69) is 28.2 Å². The standard InChI is InChI=1S/C20H24N4O3/c25-20(23-7-1-2-8-23)10-17-13-22(12-16-5-6-21-24(16)17)11-15-3-4-18-19(9-15)27-14-26-18/h3-6,9,17H,1-2,7-8,10-14H2. The molecule has 27 heavy (non-hydrogen) atoms. The summed E-state index contributed by atoms with van der Waals surface area (Å²) < 4.78 is 12.9. The molecule has 4 heterocycles. The van der Waals surface area contributed by atoms with Gasteiger partial charge in [-0.2, -0.15) is 5.10 Å². The second-order valence-electron chi connectivity index (χ2n) is 7.57. The SMILES string of the molecule is O=C(CC1CN(Cc2ccc3c(c2)OCO3)Cc2ccnn21)N1CCCC1. The molecule has 0 aliphatic carbocycles. The van der Waals surface area contributed by atoms with Crippen molar-refractivity contribution >= 4 is 5.91 Å². The molecule has 7 heteroatoms. The van der Waals surface area contributed by atoms with E-state index in [9.17, 15) is 4.79 Å². The van der Waals surface area contributed by atoms with Crippen LogP contribution in [0.15, 0.2) is 30.5 Å². The van der Waals surface area contributed by atoms with Crippen LogP contribution in [-0.4, -0.2) is 51.9 Å². The molecule has 1 amide bonds. The molecule has 7 nitrogen and oxygen atoms in total. The van der Waals surface area contributed by atoms with Gasteiger partial charge in [-0.05, 0) is 36.6 Å². The number of benzene rings is 1. The third-order valence-electron chi connectivity index (χ3n) is 5.66. The van der Waals surface area contributed by atoms with Gasteiger partial charge in [0.2, 0.25) is 12.7 Å². The Morgan fingerprint density at radius 1 is 1.15 bits per heavy atom. The molecule has 1 aromatic carbocycles. The highest BCUT2D eigenvalue weighted by Gasteiger charge is 2.30. The van der Waals surface area contributed by atoms with Crippen molar-refractivity contribution in [2.75, 3.05) is 26.4 Å². The van der Waals surface area contributed by atoms with E-state index >= 15 is 0 Å². The Balaban J connectivity index is 1.31. The molecule has 0 bridgehead atoms. The zero-order chi connectivity index (χ0) is 18.2. The van der Waals surface area contributed by atoms with Crippen molar-refractivity contribution in [2.45, 2.75) is 38.4 Å². The minimum Gasteiger partial charge on any atom is -0.454 e. The van der Waals surface area contributed by atoms with E-state index in [0.29, 0.717) is 13.2 Å². The molecule has 0 saturated carbocycles. The molecule has 1 atom stereocenters. The average molecular weight is 368 g/mol. The summed E-state index contributed by atoms with van der Waals surface area (Å²) in [5, 5.41) is 4.49. The number of carbonyl (C=O) groups is 1. The van der Waals surface area contributed by atoms with Crippen LogP contribution in [0.1, 0.15) is 36.6 Å². The highest BCUT2D eigenvalue weighted by atomic mass is 16.7. The summed E-state index contributed by atoms with van der Waals surface area (Å²) in [6.07, 6.45) is 4.61. The number of fused-ring (bicyclic) bond motifs is 2. The maximum atomic E-state index is 12.7. The Labute approximate surface area is 158 Å². The monoisotopic (exact) mass is 368 g/mol. The van der Waals surface area contributed by atoms with E-state index in [-0.39, 0.29) is 11.9 Å². The lowest BCUT2D eigenvalue weighted by atomic mass is 10.1. The van der Waals surface area contributed by atoms with Crippen LogP contribution in [0, 0.1) is 0 Å². The van der Waals surface area contributed by atoms with Gasteiger partial charge in [0.25, 0.3) is 0 Å². The van der Waals surface area contributed by atoms with Gasteiger partial charge in [-0.3, -0.25) is 14.4 Å². The molecule has 1 unspecified atom stereocenters. The predicted molar refractivity (Wildman–Crippen MR) is 98.4 cm³/mol. The fourth-order valence-corrected chi connectivity index (χ4v) is 4.33. The zero-order valence-corrected chi connectivity index (χ0v) is 15.3. The van der Waals surface area contributed by atoms with Gasteiger partial charge in [-0.1, -0.05) is 6.07 Å². The van der Waals surface area contributed by atoms with Crippen molar-refractivity contribution in [3.63, 3.8) is 0 Å². The average Bonchev–Trinajstić information content (AvgIpc) is 3.42. The predicted octanol–water partition coefficient (Wildman–Crippen LogP) is 2.18. The van der Waals surface area contributed by atoms with Crippen LogP contribution in [0.2, 0.25) is 0 Å². The first-order valence-electron chi connectivity index (χ1n) is 9.67. The molecule has 0 spiro atoms. The van der Waals surface area contributed by atoms with Gasteiger partial charge in [0.15, 0.2) is 11.5 Å². The lowest BCUT2D eigenvalue weighted by Gasteiger charge is -2.34. The van der Waals surface area contributed by atoms with Gasteiger partial charge in [0, 0.05) is 38.9 Å². The largest absolute Gasteiger partial charge is 0.454 e. The number of hydrogen-bond donors (Lipinski definition) is 0. The number of aromatic nitrogens is 2. The van der Waals surface area contributed by atoms with Gasteiger partial charge in [-0.15, -0.1) is 0 Å². The number of carbonyl (C=O) groups excluding carboxylic acids is 1. The number of likely N-dealkylation sites (tertiary alicyclic amines) is 1. The van der Waals surface area contributed by atoms with Crippen LogP contribution >= 0.6 is 0 Å². The first-order valence-corrected chi connectivity index (χ1v) is 9.67. The molecule has 2 aromatic rings. The summed E-state index contributed by atoms with van der Waals surface area (Å²) in [6, 6.07) is 8.26. The van der Waals surface area contributed by atoms with E-state index in [1.54, 1.807) is 0 Å². The molecule has 1 fully saturated rings. The molecular weight excluding hydrogens is 344 g/mol. The Hall–Kier alpha value is -2.54. The van der Waals surface area contributed by atoms with Crippen LogP contribution in [0.3, 0.4) is 0 Å². The normalized spacial score (nSPS) is 21.5. The molecular formula is C20H24N4O3. The molecule has 0 N–H and O–H groups in total. The second-order valence-corrected chi connectivity index (χ2v) is 7.57. The van der Waals surface area contributed by atoms with E-state index in [1.165, 1.54) is 11.3 Å². The zero-order valence-electron chi connectivity index (χ0n) is 15.3. The second kappa shape index (κ2) is 6.88. The quantitative estimate of drug-likeness (QED) is 0.828. The van der Waals surface area contributed by atoms with Crippen molar-refractivity contribution in [3.05, 3.63) is 41.7 Å². The van der Waals surface area contributed by atoms with E-state index in [0.717, 1.165) is 57.1 Å². The van der Waals surface area contributed by atoms with E-state index in [4.69, 9.17) is 9.47 Å². The highest BCUT2D eigenvalue weighted by Crippen LogP contribution is 2.33. The minimum absolute atomic E-state index is 0.0888. The van der Waals surface area contributed by atoms with Gasteiger partial charge >= 0.3 is 0 Å². The topological polar surface area (TPSA) is 59.8 Å². The van der Waals surface area contributed by atoms with Gasteiger partial charge in [0.1, 0.15) is 0 Å². The smallest absolute Gasteiger partial charge is 0.231 e. The van der Waals surface area contributed by atoms with Crippen molar-refractivity contribution in [3.8, 4) is 11.5 Å². The Morgan fingerprint density at radius 2 is 2.00 bits per heavy atom. The first-order chi connectivity index (χ1) is 13.3. The van der Waals surface area contributed by atoms with Crippen LogP contribution in [0.4, 0.5) is 0 Å². The maximum Gasteiger partial charge on any atom is 0.231 e. The summed E-state index contributed by atoms with van der Waals surface area (Å²) in [5.74, 6) is 1.88. The summed E-state index contributed by atoms with van der Waals surface area (Å²) in [7, 11) is 0. The Bertz CT molecular complexity index is 844. The molecule has 3 aliphatic heterocycles. The van der Waals surface area contributed by atoms with Gasteiger partial charge in [-0.25, -0.2) is 0 Å². The maximum absolute atomic E-state index is 12.7. The Morgan fingerprint density at radius 3 is 2.89 bits per heavy atom. The van der Waals surface area contributed by atoms with Crippen molar-refractivity contribution in [1.29, 1.82) is 0 Å². The summed E-state index contributed by atoms with van der Waals surface area (Å²) in [4.78, 5) is 17.1. The first kappa shape index (κ1) is 16.6. The summed E-state index contributed by atoms with van der Waals surface area (Å²) >= 11 is 0. The lowest BCUT2D eigenvalue weighted by Crippen LogP contribution is -2.40. The molecule has 0 radical (unpaired) electrons. The molecule has 1 aromatic heterocycles. The lowest BCUT2D eigenvalue weighted by molar-refractivity contribution is -0.131. The number of ether oxygens (including phenoxy) is 2. The van der Waals surface area contributed by atoms with E-state index in [1.807, 2.05) is 21.8 Å². The van der Waals surface area contributed by atoms with E-state index < -0.39 is 0 Å². The fourth-order valence-electron chi connectivity index (χ4n) is 4.33.